The highest BCUT2D eigenvalue weighted by atomic mass is 35.5. The Morgan fingerprint density at radius 3 is 2.65 bits per heavy atom. The summed E-state index contributed by atoms with van der Waals surface area (Å²) in [6.07, 6.45) is 3.59. The number of halogens is 2. The molecule has 1 aliphatic carbocycles. The average Bonchev–Trinajstić information content (AvgIpc) is 2.93. The van der Waals surface area contributed by atoms with Crippen LogP contribution < -0.4 is 4.74 Å². The minimum atomic E-state index is -0.215. The third-order valence-corrected chi connectivity index (χ3v) is 4.61. The summed E-state index contributed by atoms with van der Waals surface area (Å²) in [5, 5.41) is 0.441. The molecule has 0 radical (unpaired) electrons. The Labute approximate surface area is 129 Å². The van der Waals surface area contributed by atoms with Gasteiger partial charge in [0.15, 0.2) is 0 Å². The minimum Gasteiger partial charge on any atom is -0.496 e. The first kappa shape index (κ1) is 13.8. The predicted molar refractivity (Wildman–Crippen MR) is 84.2 cm³/mol. The third-order valence-electron chi connectivity index (χ3n) is 3.88. The molecule has 1 aliphatic rings. The fourth-order valence-corrected chi connectivity index (χ4v) is 3.30. The van der Waals surface area contributed by atoms with Gasteiger partial charge in [0.2, 0.25) is 0 Å². The zero-order valence-electron chi connectivity index (χ0n) is 11.3. The molecule has 0 bridgehead atoms. The van der Waals surface area contributed by atoms with Crippen LogP contribution in [0.1, 0.15) is 34.1 Å². The Bertz CT molecular complexity index is 637. The second kappa shape index (κ2) is 5.67. The van der Waals surface area contributed by atoms with Crippen molar-refractivity contribution in [2.24, 2.45) is 0 Å². The van der Waals surface area contributed by atoms with E-state index in [9.17, 15) is 0 Å². The molecule has 104 valence electrons. The second-order valence-corrected chi connectivity index (χ2v) is 6.00. The van der Waals surface area contributed by atoms with Crippen molar-refractivity contribution >= 4 is 23.2 Å². The van der Waals surface area contributed by atoms with E-state index in [0.29, 0.717) is 5.02 Å². The van der Waals surface area contributed by atoms with E-state index in [2.05, 4.69) is 18.2 Å². The van der Waals surface area contributed by atoms with Gasteiger partial charge in [-0.1, -0.05) is 35.9 Å². The lowest BCUT2D eigenvalue weighted by Crippen LogP contribution is -1.98. The third kappa shape index (κ3) is 2.53. The van der Waals surface area contributed by atoms with E-state index < -0.39 is 0 Å². The van der Waals surface area contributed by atoms with Gasteiger partial charge >= 0.3 is 0 Å². The molecule has 2 aromatic rings. The van der Waals surface area contributed by atoms with Crippen molar-refractivity contribution in [3.05, 3.63) is 63.7 Å². The first-order valence-corrected chi connectivity index (χ1v) is 7.59. The Hall–Kier alpha value is -1.18. The molecule has 1 atom stereocenters. The highest BCUT2D eigenvalue weighted by Crippen LogP contribution is 2.37. The molecule has 0 saturated heterocycles. The maximum absolute atomic E-state index is 6.65. The van der Waals surface area contributed by atoms with Crippen LogP contribution in [-0.2, 0) is 12.8 Å². The topological polar surface area (TPSA) is 9.23 Å². The SMILES string of the molecule is COc1cc(Cl)ccc1C(Cl)c1ccc2c(c1)CCC2. The summed E-state index contributed by atoms with van der Waals surface area (Å²) in [5.74, 6) is 0.734. The van der Waals surface area contributed by atoms with Crippen molar-refractivity contribution in [1.29, 1.82) is 0 Å². The van der Waals surface area contributed by atoms with E-state index in [1.54, 1.807) is 13.2 Å². The number of hydrogen-bond donors (Lipinski definition) is 0. The first-order chi connectivity index (χ1) is 9.69. The maximum atomic E-state index is 6.65. The molecule has 0 amide bonds. The number of hydrogen-bond acceptors (Lipinski definition) is 1. The number of methoxy groups -OCH3 is 1. The summed E-state index contributed by atoms with van der Waals surface area (Å²) in [6, 6.07) is 12.1. The summed E-state index contributed by atoms with van der Waals surface area (Å²) in [4.78, 5) is 0. The van der Waals surface area contributed by atoms with Gasteiger partial charge < -0.3 is 4.74 Å². The summed E-state index contributed by atoms with van der Waals surface area (Å²) in [5.41, 5.74) is 4.96. The summed E-state index contributed by atoms with van der Waals surface area (Å²) in [7, 11) is 1.64. The van der Waals surface area contributed by atoms with Crippen LogP contribution in [0.4, 0.5) is 0 Å². The number of benzene rings is 2. The van der Waals surface area contributed by atoms with Crippen molar-refractivity contribution in [1.82, 2.24) is 0 Å². The van der Waals surface area contributed by atoms with E-state index in [-0.39, 0.29) is 5.38 Å². The summed E-state index contributed by atoms with van der Waals surface area (Å²) < 4.78 is 5.39. The van der Waals surface area contributed by atoms with Gasteiger partial charge in [0.1, 0.15) is 5.75 Å². The largest absolute Gasteiger partial charge is 0.496 e. The molecule has 0 saturated carbocycles. The van der Waals surface area contributed by atoms with E-state index in [0.717, 1.165) is 23.3 Å². The van der Waals surface area contributed by atoms with Crippen molar-refractivity contribution in [2.75, 3.05) is 7.11 Å². The van der Waals surface area contributed by atoms with Crippen LogP contribution >= 0.6 is 23.2 Å². The Morgan fingerprint density at radius 2 is 1.85 bits per heavy atom. The van der Waals surface area contributed by atoms with Crippen LogP contribution in [0.5, 0.6) is 5.75 Å². The van der Waals surface area contributed by atoms with Crippen LogP contribution in [0.15, 0.2) is 36.4 Å². The molecule has 0 fully saturated rings. The number of aryl methyl sites for hydroxylation is 2. The van der Waals surface area contributed by atoms with Gasteiger partial charge in [-0.15, -0.1) is 11.6 Å². The van der Waals surface area contributed by atoms with Gasteiger partial charge in [-0.2, -0.15) is 0 Å². The molecule has 1 nitrogen and oxygen atoms in total. The van der Waals surface area contributed by atoms with Crippen LogP contribution in [0.25, 0.3) is 0 Å². The highest BCUT2D eigenvalue weighted by molar-refractivity contribution is 6.30. The molecule has 3 heteroatoms. The van der Waals surface area contributed by atoms with Gasteiger partial charge in [0.05, 0.1) is 12.5 Å². The molecule has 0 aromatic heterocycles. The Balaban J connectivity index is 1.98. The predicted octanol–water partition coefficient (Wildman–Crippen LogP) is 5.17. The maximum Gasteiger partial charge on any atom is 0.125 e. The van der Waals surface area contributed by atoms with Crippen molar-refractivity contribution in [3.63, 3.8) is 0 Å². The van der Waals surface area contributed by atoms with Crippen molar-refractivity contribution < 1.29 is 4.74 Å². The van der Waals surface area contributed by atoms with E-state index in [1.165, 1.54) is 24.0 Å². The molecule has 0 N–H and O–H groups in total. The minimum absolute atomic E-state index is 0.215. The molecule has 20 heavy (non-hydrogen) atoms. The van der Waals surface area contributed by atoms with Gasteiger partial charge in [-0.05, 0) is 48.1 Å². The van der Waals surface area contributed by atoms with Crippen LogP contribution in [0, 0.1) is 0 Å². The Kier molecular flexibility index (Phi) is 3.91. The molecule has 1 unspecified atom stereocenters. The standard InChI is InChI=1S/C17H16Cl2O/c1-20-16-10-14(18)7-8-15(16)17(19)13-6-5-11-3-2-4-12(11)9-13/h5-10,17H,2-4H2,1H3. The molecule has 0 heterocycles. The monoisotopic (exact) mass is 306 g/mol. The van der Waals surface area contributed by atoms with Crippen molar-refractivity contribution in [2.45, 2.75) is 24.6 Å². The van der Waals surface area contributed by atoms with Gasteiger partial charge in [0.25, 0.3) is 0 Å². The average molecular weight is 307 g/mol. The van der Waals surface area contributed by atoms with Crippen LogP contribution in [0.3, 0.4) is 0 Å². The molecule has 0 spiro atoms. The smallest absolute Gasteiger partial charge is 0.125 e. The first-order valence-electron chi connectivity index (χ1n) is 6.78. The lowest BCUT2D eigenvalue weighted by molar-refractivity contribution is 0.410. The van der Waals surface area contributed by atoms with E-state index in [4.69, 9.17) is 27.9 Å². The number of alkyl halides is 1. The second-order valence-electron chi connectivity index (χ2n) is 5.13. The van der Waals surface area contributed by atoms with Crippen molar-refractivity contribution in [3.8, 4) is 5.75 Å². The van der Waals surface area contributed by atoms with Gasteiger partial charge in [-0.3, -0.25) is 0 Å². The summed E-state index contributed by atoms with van der Waals surface area (Å²) >= 11 is 12.6. The lowest BCUT2D eigenvalue weighted by atomic mass is 9.99. The molecular formula is C17H16Cl2O. The molecule has 3 rings (SSSR count). The number of rotatable bonds is 3. The molecular weight excluding hydrogens is 291 g/mol. The summed E-state index contributed by atoms with van der Waals surface area (Å²) in [6.45, 7) is 0. The zero-order valence-corrected chi connectivity index (χ0v) is 12.8. The molecule has 0 aliphatic heterocycles. The number of fused-ring (bicyclic) bond motifs is 1. The number of ether oxygens (including phenoxy) is 1. The van der Waals surface area contributed by atoms with E-state index in [1.807, 2.05) is 12.1 Å². The van der Waals surface area contributed by atoms with Gasteiger partial charge in [-0.25, -0.2) is 0 Å². The van der Waals surface area contributed by atoms with Crippen LogP contribution in [-0.4, -0.2) is 7.11 Å². The Morgan fingerprint density at radius 1 is 1.05 bits per heavy atom. The van der Waals surface area contributed by atoms with Crippen LogP contribution in [0.2, 0.25) is 5.02 Å². The van der Waals surface area contributed by atoms with E-state index >= 15 is 0 Å². The fourth-order valence-electron chi connectivity index (χ4n) is 2.82. The fraction of sp³-hybridized carbons (Fsp3) is 0.294. The highest BCUT2D eigenvalue weighted by Gasteiger charge is 2.18. The quantitative estimate of drug-likeness (QED) is 0.711. The normalized spacial score (nSPS) is 14.9. The lowest BCUT2D eigenvalue weighted by Gasteiger charge is -2.15. The zero-order chi connectivity index (χ0) is 14.1. The van der Waals surface area contributed by atoms with Gasteiger partial charge in [0, 0.05) is 10.6 Å². The molecule has 2 aromatic carbocycles.